The Morgan fingerprint density at radius 2 is 1.78 bits per heavy atom. The Morgan fingerprint density at radius 3 is 2.48 bits per heavy atom. The molecule has 4 rings (SSSR count). The van der Waals surface area contributed by atoms with Crippen LogP contribution in [0.2, 0.25) is 0 Å². The van der Waals surface area contributed by atoms with Crippen LogP contribution in [0.15, 0.2) is 66.2 Å². The van der Waals surface area contributed by atoms with Gasteiger partial charge in [0.15, 0.2) is 5.13 Å². The molecule has 1 aromatic heterocycles. The van der Waals surface area contributed by atoms with Crippen LogP contribution in [0.3, 0.4) is 0 Å². The third-order valence-electron chi connectivity index (χ3n) is 4.14. The molecular weight excluding hydrogens is 308 g/mol. The summed E-state index contributed by atoms with van der Waals surface area (Å²) in [4.78, 5) is 18.7. The number of hydrogen-bond donors (Lipinski definition) is 1. The molecule has 3 aromatic rings. The number of para-hydroxylation sites is 1. The molecule has 1 aliphatic rings. The van der Waals surface area contributed by atoms with Crippen LogP contribution in [-0.4, -0.2) is 16.0 Å². The van der Waals surface area contributed by atoms with Crippen LogP contribution in [0, 0.1) is 0 Å². The molecule has 1 aliphatic heterocycles. The van der Waals surface area contributed by atoms with Gasteiger partial charge in [-0.1, -0.05) is 48.5 Å². The Hall–Kier alpha value is -2.66. The molecule has 2 atom stereocenters. The minimum absolute atomic E-state index is 0.0133. The fraction of sp³-hybridized carbons (Fsp3) is 0.111. The first kappa shape index (κ1) is 14.0. The van der Waals surface area contributed by atoms with Crippen LogP contribution in [0.5, 0.6) is 5.75 Å². The average molecular weight is 322 g/mol. The van der Waals surface area contributed by atoms with E-state index in [1.165, 1.54) is 11.3 Å². The summed E-state index contributed by atoms with van der Waals surface area (Å²) in [6.45, 7) is 0. The number of hydrogen-bond acceptors (Lipinski definition) is 4. The van der Waals surface area contributed by atoms with E-state index >= 15 is 0 Å². The number of phenolic OH excluding ortho intramolecular Hbond substituents is 1. The highest BCUT2D eigenvalue weighted by Gasteiger charge is 2.51. The van der Waals surface area contributed by atoms with Crippen molar-refractivity contribution in [2.75, 3.05) is 4.90 Å². The highest BCUT2D eigenvalue weighted by Crippen LogP contribution is 2.51. The summed E-state index contributed by atoms with van der Waals surface area (Å²) in [6, 6.07) is 16.6. The molecule has 1 saturated heterocycles. The Labute approximate surface area is 137 Å². The van der Waals surface area contributed by atoms with Crippen molar-refractivity contribution < 1.29 is 9.90 Å². The normalized spacial score (nSPS) is 20.3. The lowest BCUT2D eigenvalue weighted by Crippen LogP contribution is -2.53. The van der Waals surface area contributed by atoms with Crippen molar-refractivity contribution in [1.29, 1.82) is 0 Å². The minimum Gasteiger partial charge on any atom is -0.508 e. The van der Waals surface area contributed by atoms with E-state index in [9.17, 15) is 9.90 Å². The molecule has 1 N–H and O–H groups in total. The van der Waals surface area contributed by atoms with Gasteiger partial charge in [0.25, 0.3) is 0 Å². The van der Waals surface area contributed by atoms with Crippen molar-refractivity contribution in [3.8, 4) is 5.75 Å². The summed E-state index contributed by atoms with van der Waals surface area (Å²) in [5, 5.41) is 12.8. The van der Waals surface area contributed by atoms with Gasteiger partial charge in [-0.25, -0.2) is 4.98 Å². The number of rotatable bonds is 3. The van der Waals surface area contributed by atoms with Crippen LogP contribution in [0.1, 0.15) is 23.1 Å². The molecule has 23 heavy (non-hydrogen) atoms. The maximum Gasteiger partial charge on any atom is 0.239 e. The minimum atomic E-state index is -0.298. The summed E-state index contributed by atoms with van der Waals surface area (Å²) in [5.74, 6) is -0.0831. The van der Waals surface area contributed by atoms with E-state index in [4.69, 9.17) is 0 Å². The maximum atomic E-state index is 12.8. The lowest BCUT2D eigenvalue weighted by atomic mass is 9.78. The largest absolute Gasteiger partial charge is 0.508 e. The Bertz CT molecular complexity index is 833. The molecule has 1 fully saturated rings. The van der Waals surface area contributed by atoms with Crippen molar-refractivity contribution in [2.45, 2.75) is 12.0 Å². The van der Waals surface area contributed by atoms with Gasteiger partial charge >= 0.3 is 0 Å². The zero-order valence-corrected chi connectivity index (χ0v) is 13.0. The van der Waals surface area contributed by atoms with Crippen LogP contribution in [0.25, 0.3) is 0 Å². The lowest BCUT2D eigenvalue weighted by Gasteiger charge is -2.46. The molecule has 0 aliphatic carbocycles. The molecule has 0 radical (unpaired) electrons. The zero-order valence-electron chi connectivity index (χ0n) is 12.2. The van der Waals surface area contributed by atoms with Gasteiger partial charge in [-0.2, -0.15) is 0 Å². The number of benzene rings is 2. The topological polar surface area (TPSA) is 53.4 Å². The quantitative estimate of drug-likeness (QED) is 0.748. The van der Waals surface area contributed by atoms with Gasteiger partial charge in [-0.05, 0) is 11.6 Å². The third kappa shape index (κ3) is 2.21. The number of thiazole rings is 1. The standard InChI is InChI=1S/C18H14N2O2S/c21-14-9-5-4-8-13(14)16-15(12-6-2-1-3-7-12)17(22)20(16)18-19-10-11-23-18/h1-11,15-16,21H. The Kier molecular flexibility index (Phi) is 3.35. The highest BCUT2D eigenvalue weighted by atomic mass is 32.1. The van der Waals surface area contributed by atoms with Crippen molar-refractivity contribution in [1.82, 2.24) is 4.98 Å². The fourth-order valence-corrected chi connectivity index (χ4v) is 3.76. The first-order valence-electron chi connectivity index (χ1n) is 7.33. The second-order valence-electron chi connectivity index (χ2n) is 5.41. The van der Waals surface area contributed by atoms with E-state index in [-0.39, 0.29) is 23.6 Å². The molecular formula is C18H14N2O2S. The van der Waals surface area contributed by atoms with Gasteiger partial charge in [0.1, 0.15) is 5.75 Å². The number of amides is 1. The summed E-state index contributed by atoms with van der Waals surface area (Å²) >= 11 is 1.42. The molecule has 0 spiro atoms. The van der Waals surface area contributed by atoms with Crippen molar-refractivity contribution in [3.63, 3.8) is 0 Å². The van der Waals surface area contributed by atoms with E-state index in [0.717, 1.165) is 11.1 Å². The smallest absolute Gasteiger partial charge is 0.239 e. The van der Waals surface area contributed by atoms with Crippen molar-refractivity contribution in [3.05, 3.63) is 77.3 Å². The van der Waals surface area contributed by atoms with Crippen molar-refractivity contribution >= 4 is 22.4 Å². The van der Waals surface area contributed by atoms with E-state index < -0.39 is 0 Å². The number of carbonyl (C=O) groups is 1. The van der Waals surface area contributed by atoms with Gasteiger partial charge in [0.05, 0.1) is 12.0 Å². The number of aromatic hydroxyl groups is 1. The first-order chi connectivity index (χ1) is 11.3. The number of β-lactam (4-membered cyclic amide) rings is 1. The average Bonchev–Trinajstić information content (AvgIpc) is 3.08. The Morgan fingerprint density at radius 1 is 1.04 bits per heavy atom. The predicted octanol–water partition coefficient (Wildman–Crippen LogP) is 3.72. The molecule has 2 heterocycles. The molecule has 2 unspecified atom stereocenters. The van der Waals surface area contributed by atoms with Crippen LogP contribution >= 0.6 is 11.3 Å². The van der Waals surface area contributed by atoms with E-state index in [0.29, 0.717) is 5.13 Å². The van der Waals surface area contributed by atoms with E-state index in [2.05, 4.69) is 4.98 Å². The number of phenols is 1. The SMILES string of the molecule is O=C1C(c2ccccc2)C(c2ccccc2O)N1c1nccs1. The van der Waals surface area contributed by atoms with Gasteiger partial charge in [-0.3, -0.25) is 9.69 Å². The van der Waals surface area contributed by atoms with E-state index in [1.807, 2.05) is 47.8 Å². The highest BCUT2D eigenvalue weighted by molar-refractivity contribution is 7.13. The van der Waals surface area contributed by atoms with Gasteiger partial charge < -0.3 is 5.11 Å². The second kappa shape index (κ2) is 5.52. The second-order valence-corrected chi connectivity index (χ2v) is 6.29. The number of carbonyl (C=O) groups excluding carboxylic acids is 1. The number of nitrogens with zero attached hydrogens (tertiary/aromatic N) is 2. The van der Waals surface area contributed by atoms with E-state index in [1.54, 1.807) is 23.2 Å². The molecule has 2 aromatic carbocycles. The van der Waals surface area contributed by atoms with Gasteiger partial charge in [-0.15, -0.1) is 11.3 Å². The maximum absolute atomic E-state index is 12.8. The molecule has 4 nitrogen and oxygen atoms in total. The van der Waals surface area contributed by atoms with Crippen LogP contribution < -0.4 is 4.90 Å². The summed E-state index contributed by atoms with van der Waals surface area (Å²) < 4.78 is 0. The number of anilines is 1. The van der Waals surface area contributed by atoms with Crippen LogP contribution in [0.4, 0.5) is 5.13 Å². The van der Waals surface area contributed by atoms with Gasteiger partial charge in [0.2, 0.25) is 5.91 Å². The lowest BCUT2D eigenvalue weighted by molar-refractivity contribution is -0.126. The molecule has 1 amide bonds. The predicted molar refractivity (Wildman–Crippen MR) is 89.6 cm³/mol. The van der Waals surface area contributed by atoms with Crippen LogP contribution in [-0.2, 0) is 4.79 Å². The monoisotopic (exact) mass is 322 g/mol. The van der Waals surface area contributed by atoms with Crippen molar-refractivity contribution in [2.24, 2.45) is 0 Å². The number of aromatic nitrogens is 1. The third-order valence-corrected chi connectivity index (χ3v) is 4.91. The summed E-state index contributed by atoms with van der Waals surface area (Å²) in [7, 11) is 0. The molecule has 114 valence electrons. The molecule has 5 heteroatoms. The molecule has 0 bridgehead atoms. The first-order valence-corrected chi connectivity index (χ1v) is 8.21. The fourth-order valence-electron chi connectivity index (χ4n) is 3.08. The van der Waals surface area contributed by atoms with Gasteiger partial charge in [0, 0.05) is 17.1 Å². The molecule has 0 saturated carbocycles. The zero-order chi connectivity index (χ0) is 15.8. The summed E-state index contributed by atoms with van der Waals surface area (Å²) in [6.07, 6.45) is 1.69. The summed E-state index contributed by atoms with van der Waals surface area (Å²) in [5.41, 5.74) is 1.70. The Balaban J connectivity index is 1.81.